The van der Waals surface area contributed by atoms with Crippen molar-refractivity contribution in [1.29, 1.82) is 0 Å². The summed E-state index contributed by atoms with van der Waals surface area (Å²) >= 11 is 0. The summed E-state index contributed by atoms with van der Waals surface area (Å²) in [4.78, 5) is 25.0. The number of para-hydroxylation sites is 1. The highest BCUT2D eigenvalue weighted by atomic mass is 16.1. The van der Waals surface area contributed by atoms with Crippen LogP contribution in [0.3, 0.4) is 0 Å². The Morgan fingerprint density at radius 2 is 1.43 bits per heavy atom. The summed E-state index contributed by atoms with van der Waals surface area (Å²) in [5.74, 6) is -0.261. The number of anilines is 1. The average molecular weight is 305 g/mol. The lowest BCUT2D eigenvalue weighted by Gasteiger charge is -2.20. The summed E-state index contributed by atoms with van der Waals surface area (Å²) in [6.07, 6.45) is 3.14. The third-order valence-electron chi connectivity index (χ3n) is 4.22. The van der Waals surface area contributed by atoms with E-state index < -0.39 is 0 Å². The van der Waals surface area contributed by atoms with E-state index >= 15 is 0 Å². The third-order valence-corrected chi connectivity index (χ3v) is 4.22. The number of carbonyl (C=O) groups is 2. The number of nitrogens with one attached hydrogen (secondary N) is 1. The molecule has 0 heterocycles. The molecule has 0 radical (unpaired) electrons. The fourth-order valence-electron chi connectivity index (χ4n) is 2.95. The van der Waals surface area contributed by atoms with Crippen LogP contribution >= 0.6 is 0 Å². The van der Waals surface area contributed by atoms with Gasteiger partial charge < -0.3 is 5.32 Å². The second-order valence-electron chi connectivity index (χ2n) is 5.58. The fraction of sp³-hybridized carbons (Fsp3) is 0.200. The Hall–Kier alpha value is -2.68. The molecule has 1 aliphatic carbocycles. The second kappa shape index (κ2) is 6.21. The molecule has 0 saturated carbocycles. The highest BCUT2D eigenvalue weighted by Crippen LogP contribution is 2.27. The van der Waals surface area contributed by atoms with E-state index in [9.17, 15) is 9.59 Å². The molecule has 2 aromatic rings. The predicted octanol–water partition coefficient (Wildman–Crippen LogP) is 4.19. The number of aryl methyl sites for hydroxylation is 2. The molecule has 2 aromatic carbocycles. The topological polar surface area (TPSA) is 46.2 Å². The maximum absolute atomic E-state index is 12.7. The molecule has 3 rings (SSSR count). The molecule has 1 aliphatic rings. The zero-order valence-electron chi connectivity index (χ0n) is 13.3. The Balaban J connectivity index is 2.02. The van der Waals surface area contributed by atoms with Crippen LogP contribution in [0.4, 0.5) is 5.69 Å². The first kappa shape index (κ1) is 15.2. The molecule has 0 amide bonds. The van der Waals surface area contributed by atoms with Gasteiger partial charge in [-0.25, -0.2) is 0 Å². The lowest BCUT2D eigenvalue weighted by molar-refractivity contribution is 0.0985. The van der Waals surface area contributed by atoms with Crippen molar-refractivity contribution in [3.8, 4) is 0 Å². The summed E-state index contributed by atoms with van der Waals surface area (Å²) < 4.78 is 0. The minimum Gasteiger partial charge on any atom is -0.352 e. The van der Waals surface area contributed by atoms with Crippen molar-refractivity contribution in [2.45, 2.75) is 26.7 Å². The lowest BCUT2D eigenvalue weighted by Crippen LogP contribution is -2.22. The van der Waals surface area contributed by atoms with Crippen molar-refractivity contribution in [3.63, 3.8) is 0 Å². The van der Waals surface area contributed by atoms with Gasteiger partial charge in [0, 0.05) is 22.9 Å². The number of allylic oxidation sites excluding steroid dienone is 2. The molecular formula is C20H19NO2. The summed E-state index contributed by atoms with van der Waals surface area (Å²) in [7, 11) is 0. The van der Waals surface area contributed by atoms with E-state index in [1.54, 1.807) is 24.3 Å². The highest BCUT2D eigenvalue weighted by Gasteiger charge is 2.25. The van der Waals surface area contributed by atoms with Crippen LogP contribution in [0.1, 0.15) is 45.7 Å². The molecule has 0 aromatic heterocycles. The first-order chi connectivity index (χ1) is 11.2. The average Bonchev–Trinajstić information content (AvgIpc) is 2.59. The SMILES string of the molecule is CCc1cccc(CC)c1NC1=CC(=O)c2ccccc2C1=O. The summed E-state index contributed by atoms with van der Waals surface area (Å²) in [5, 5.41) is 3.23. The Morgan fingerprint density at radius 1 is 0.826 bits per heavy atom. The monoisotopic (exact) mass is 305 g/mol. The van der Waals surface area contributed by atoms with Crippen molar-refractivity contribution in [1.82, 2.24) is 0 Å². The molecular weight excluding hydrogens is 286 g/mol. The molecule has 0 fully saturated rings. The van der Waals surface area contributed by atoms with Crippen molar-refractivity contribution in [2.24, 2.45) is 0 Å². The molecule has 116 valence electrons. The summed E-state index contributed by atoms with van der Waals surface area (Å²) in [5.41, 5.74) is 4.53. The molecule has 23 heavy (non-hydrogen) atoms. The van der Waals surface area contributed by atoms with Crippen LogP contribution in [0, 0.1) is 0 Å². The number of benzene rings is 2. The number of hydrogen-bond acceptors (Lipinski definition) is 3. The number of rotatable bonds is 4. The smallest absolute Gasteiger partial charge is 0.210 e. The van der Waals surface area contributed by atoms with Crippen LogP contribution in [0.25, 0.3) is 0 Å². The molecule has 0 aliphatic heterocycles. The Labute approximate surface area is 136 Å². The van der Waals surface area contributed by atoms with Gasteiger partial charge in [-0.15, -0.1) is 0 Å². The minimum atomic E-state index is -0.131. The van der Waals surface area contributed by atoms with Gasteiger partial charge in [-0.3, -0.25) is 9.59 Å². The largest absolute Gasteiger partial charge is 0.352 e. The number of fused-ring (bicyclic) bond motifs is 1. The quantitative estimate of drug-likeness (QED) is 0.921. The zero-order valence-corrected chi connectivity index (χ0v) is 13.3. The van der Waals surface area contributed by atoms with Crippen molar-refractivity contribution in [2.75, 3.05) is 5.32 Å². The molecule has 3 nitrogen and oxygen atoms in total. The zero-order chi connectivity index (χ0) is 16.4. The first-order valence-electron chi connectivity index (χ1n) is 7.93. The number of carbonyl (C=O) groups excluding carboxylic acids is 2. The normalized spacial score (nSPS) is 13.6. The maximum atomic E-state index is 12.7. The molecule has 0 atom stereocenters. The van der Waals surface area contributed by atoms with E-state index in [0.717, 1.165) is 29.7 Å². The highest BCUT2D eigenvalue weighted by molar-refractivity contribution is 6.25. The van der Waals surface area contributed by atoms with Crippen LogP contribution in [-0.4, -0.2) is 11.6 Å². The van der Waals surface area contributed by atoms with Gasteiger partial charge in [0.1, 0.15) is 0 Å². The van der Waals surface area contributed by atoms with Gasteiger partial charge in [-0.1, -0.05) is 56.3 Å². The van der Waals surface area contributed by atoms with Crippen molar-refractivity contribution in [3.05, 3.63) is 76.5 Å². The summed E-state index contributed by atoms with van der Waals surface area (Å²) in [6, 6.07) is 13.1. The predicted molar refractivity (Wildman–Crippen MR) is 92.0 cm³/mol. The molecule has 0 saturated heterocycles. The minimum absolute atomic E-state index is 0.130. The second-order valence-corrected chi connectivity index (χ2v) is 5.58. The third kappa shape index (κ3) is 2.70. The van der Waals surface area contributed by atoms with Crippen LogP contribution in [0.15, 0.2) is 54.2 Å². The lowest BCUT2D eigenvalue weighted by atomic mass is 9.92. The van der Waals surface area contributed by atoms with E-state index in [1.807, 2.05) is 18.2 Å². The number of hydrogen-bond donors (Lipinski definition) is 1. The standard InChI is InChI=1S/C20H19NO2/c1-3-13-8-7-9-14(4-2)19(13)21-17-12-18(22)15-10-5-6-11-16(15)20(17)23/h5-12,21H,3-4H2,1-2H3. The van der Waals surface area contributed by atoms with Crippen LogP contribution in [0.5, 0.6) is 0 Å². The van der Waals surface area contributed by atoms with Gasteiger partial charge in [-0.05, 0) is 24.0 Å². The van der Waals surface area contributed by atoms with Crippen LogP contribution < -0.4 is 5.32 Å². The van der Waals surface area contributed by atoms with Crippen molar-refractivity contribution < 1.29 is 9.59 Å². The molecule has 3 heteroatoms. The molecule has 0 bridgehead atoms. The van der Waals surface area contributed by atoms with Gasteiger partial charge in [0.15, 0.2) is 5.78 Å². The fourth-order valence-corrected chi connectivity index (χ4v) is 2.95. The Morgan fingerprint density at radius 3 is 2.04 bits per heavy atom. The number of ketones is 2. The Bertz CT molecular complexity index is 796. The molecule has 1 N–H and O–H groups in total. The van der Waals surface area contributed by atoms with Gasteiger partial charge in [0.25, 0.3) is 0 Å². The molecule has 0 unspecified atom stereocenters. The van der Waals surface area contributed by atoms with Crippen molar-refractivity contribution >= 4 is 17.3 Å². The first-order valence-corrected chi connectivity index (χ1v) is 7.93. The van der Waals surface area contributed by atoms with Gasteiger partial charge in [-0.2, -0.15) is 0 Å². The molecule has 0 spiro atoms. The number of Topliss-reactive ketones (excluding diaryl/α,β-unsaturated/α-hetero) is 1. The van der Waals surface area contributed by atoms with E-state index in [1.165, 1.54) is 6.08 Å². The van der Waals surface area contributed by atoms with E-state index in [0.29, 0.717) is 16.8 Å². The van der Waals surface area contributed by atoms with Crippen LogP contribution in [0.2, 0.25) is 0 Å². The van der Waals surface area contributed by atoms with E-state index in [4.69, 9.17) is 0 Å². The van der Waals surface area contributed by atoms with Gasteiger partial charge >= 0.3 is 0 Å². The Kier molecular flexibility index (Phi) is 4.11. The van der Waals surface area contributed by atoms with E-state index in [2.05, 4.69) is 19.2 Å². The van der Waals surface area contributed by atoms with Crippen LogP contribution in [-0.2, 0) is 12.8 Å². The van der Waals surface area contributed by atoms with Gasteiger partial charge in [0.05, 0.1) is 5.70 Å². The summed E-state index contributed by atoms with van der Waals surface area (Å²) in [6.45, 7) is 4.16. The van der Waals surface area contributed by atoms with E-state index in [-0.39, 0.29) is 11.6 Å². The van der Waals surface area contributed by atoms with Gasteiger partial charge in [0.2, 0.25) is 5.78 Å². The maximum Gasteiger partial charge on any atom is 0.210 e.